The van der Waals surface area contributed by atoms with Gasteiger partial charge in [-0.25, -0.2) is 4.79 Å². The zero-order valence-electron chi connectivity index (χ0n) is 13.0. The van der Waals surface area contributed by atoms with Gasteiger partial charge in [-0.2, -0.15) is 0 Å². The Morgan fingerprint density at radius 1 is 1.35 bits per heavy atom. The molecule has 4 nitrogen and oxygen atoms in total. The average Bonchev–Trinajstić information content (AvgIpc) is 2.44. The maximum absolute atomic E-state index is 11.9. The van der Waals surface area contributed by atoms with Crippen LogP contribution in [0.25, 0.3) is 0 Å². The van der Waals surface area contributed by atoms with E-state index in [4.69, 9.17) is 4.74 Å². The minimum atomic E-state index is -0.0134. The number of nitrogens with zero attached hydrogens (tertiary/aromatic N) is 1. The Labute approximate surface area is 122 Å². The molecule has 0 radical (unpaired) electrons. The lowest BCUT2D eigenvalue weighted by Gasteiger charge is -2.19. The second-order valence-corrected chi connectivity index (χ2v) is 5.40. The van der Waals surface area contributed by atoms with E-state index >= 15 is 0 Å². The molecule has 0 saturated carbocycles. The highest BCUT2D eigenvalue weighted by Crippen LogP contribution is 2.17. The third-order valence-corrected chi connectivity index (χ3v) is 3.25. The molecule has 0 heterocycles. The van der Waals surface area contributed by atoms with Crippen molar-refractivity contribution in [2.75, 3.05) is 27.2 Å². The Bertz CT molecular complexity index is 419. The van der Waals surface area contributed by atoms with E-state index in [1.165, 1.54) is 0 Å². The Kier molecular flexibility index (Phi) is 6.91. The lowest BCUT2D eigenvalue weighted by Crippen LogP contribution is -2.39. The van der Waals surface area contributed by atoms with E-state index < -0.39 is 0 Å². The number of hydrogen-bond donors (Lipinski definition) is 1. The first-order chi connectivity index (χ1) is 9.54. The number of urea groups is 1. The van der Waals surface area contributed by atoms with Crippen LogP contribution in [0, 0.1) is 5.92 Å². The second kappa shape index (κ2) is 8.46. The van der Waals surface area contributed by atoms with E-state index in [9.17, 15) is 4.79 Å². The quantitative estimate of drug-likeness (QED) is 0.833. The second-order valence-electron chi connectivity index (χ2n) is 5.40. The van der Waals surface area contributed by atoms with Crippen molar-refractivity contribution in [1.29, 1.82) is 0 Å². The van der Waals surface area contributed by atoms with E-state index in [0.29, 0.717) is 12.5 Å². The molecule has 0 aromatic heterocycles. The Hall–Kier alpha value is -1.71. The molecule has 0 aliphatic heterocycles. The molecule has 20 heavy (non-hydrogen) atoms. The van der Waals surface area contributed by atoms with Crippen LogP contribution in [0.4, 0.5) is 4.79 Å². The monoisotopic (exact) mass is 278 g/mol. The van der Waals surface area contributed by atoms with Gasteiger partial charge in [-0.1, -0.05) is 32.0 Å². The number of carbonyl (C=O) groups excluding carboxylic acids is 1. The molecule has 0 spiro atoms. The summed E-state index contributed by atoms with van der Waals surface area (Å²) in [5.41, 5.74) is 1.12. The summed E-state index contributed by atoms with van der Waals surface area (Å²) in [6, 6.07) is 7.90. The van der Waals surface area contributed by atoms with Gasteiger partial charge >= 0.3 is 6.03 Å². The zero-order valence-corrected chi connectivity index (χ0v) is 13.0. The van der Waals surface area contributed by atoms with E-state index in [2.05, 4.69) is 19.2 Å². The number of carbonyl (C=O) groups is 1. The van der Waals surface area contributed by atoms with Gasteiger partial charge in [0.1, 0.15) is 5.75 Å². The molecular weight excluding hydrogens is 252 g/mol. The van der Waals surface area contributed by atoms with Gasteiger partial charge in [-0.15, -0.1) is 0 Å². The number of hydrogen-bond acceptors (Lipinski definition) is 2. The number of methoxy groups -OCH3 is 1. The maximum Gasteiger partial charge on any atom is 0.317 e. The van der Waals surface area contributed by atoms with E-state index in [0.717, 1.165) is 30.7 Å². The molecule has 1 rings (SSSR count). The van der Waals surface area contributed by atoms with Crippen molar-refractivity contribution >= 4 is 6.03 Å². The minimum absolute atomic E-state index is 0.0134. The van der Waals surface area contributed by atoms with Crippen LogP contribution in [0.15, 0.2) is 24.3 Å². The van der Waals surface area contributed by atoms with E-state index in [-0.39, 0.29) is 6.03 Å². The van der Waals surface area contributed by atoms with Crippen molar-refractivity contribution in [2.45, 2.75) is 26.7 Å². The lowest BCUT2D eigenvalue weighted by molar-refractivity contribution is 0.208. The molecule has 1 aromatic rings. The third kappa shape index (κ3) is 5.51. The van der Waals surface area contributed by atoms with Crippen LogP contribution >= 0.6 is 0 Å². The van der Waals surface area contributed by atoms with Gasteiger partial charge in [0, 0.05) is 20.1 Å². The third-order valence-electron chi connectivity index (χ3n) is 3.25. The predicted octanol–water partition coefficient (Wildman–Crippen LogP) is 2.93. The minimum Gasteiger partial charge on any atom is -0.496 e. The first-order valence-corrected chi connectivity index (χ1v) is 7.15. The number of benzene rings is 1. The van der Waals surface area contributed by atoms with Crippen LogP contribution < -0.4 is 10.1 Å². The standard InChI is InChI=1S/C16H26N2O2/c1-13(2)9-11-17-16(19)18(3)12-10-14-7-5-6-8-15(14)20-4/h5-8,13H,9-12H2,1-4H3,(H,17,19). The highest BCUT2D eigenvalue weighted by atomic mass is 16.5. The van der Waals surface area contributed by atoms with Crippen molar-refractivity contribution in [3.05, 3.63) is 29.8 Å². The number of rotatable bonds is 7. The van der Waals surface area contributed by atoms with Crippen molar-refractivity contribution in [1.82, 2.24) is 10.2 Å². The summed E-state index contributed by atoms with van der Waals surface area (Å²) in [7, 11) is 3.49. The van der Waals surface area contributed by atoms with Gasteiger partial charge in [-0.05, 0) is 30.4 Å². The number of nitrogens with one attached hydrogen (secondary N) is 1. The SMILES string of the molecule is COc1ccccc1CCN(C)C(=O)NCCC(C)C. The van der Waals surface area contributed by atoms with Gasteiger partial charge in [0.15, 0.2) is 0 Å². The van der Waals surface area contributed by atoms with Gasteiger partial charge in [0.2, 0.25) is 0 Å². The summed E-state index contributed by atoms with van der Waals surface area (Å²) in [4.78, 5) is 13.6. The van der Waals surface area contributed by atoms with E-state index in [1.807, 2.05) is 31.3 Å². The molecule has 0 unspecified atom stereocenters. The summed E-state index contributed by atoms with van der Waals surface area (Å²) in [6.45, 7) is 5.71. The van der Waals surface area contributed by atoms with E-state index in [1.54, 1.807) is 12.0 Å². The number of likely N-dealkylation sites (N-methyl/N-ethyl adjacent to an activating group) is 1. The molecule has 0 aliphatic rings. The molecule has 2 amide bonds. The smallest absolute Gasteiger partial charge is 0.317 e. The van der Waals surface area contributed by atoms with Crippen molar-refractivity contribution in [2.24, 2.45) is 5.92 Å². The topological polar surface area (TPSA) is 41.6 Å². The van der Waals surface area contributed by atoms with Crippen LogP contribution in [0.5, 0.6) is 5.75 Å². The molecule has 0 bridgehead atoms. The number of ether oxygens (including phenoxy) is 1. The molecule has 0 saturated heterocycles. The van der Waals surface area contributed by atoms with Gasteiger partial charge in [0.05, 0.1) is 7.11 Å². The molecule has 0 fully saturated rings. The summed E-state index contributed by atoms with van der Waals surface area (Å²) >= 11 is 0. The van der Waals surface area contributed by atoms with Crippen molar-refractivity contribution < 1.29 is 9.53 Å². The molecule has 1 N–H and O–H groups in total. The average molecular weight is 278 g/mol. The molecular formula is C16H26N2O2. The van der Waals surface area contributed by atoms with Crippen LogP contribution in [0.3, 0.4) is 0 Å². The fraction of sp³-hybridized carbons (Fsp3) is 0.562. The molecule has 4 heteroatoms. The summed E-state index contributed by atoms with van der Waals surface area (Å²) < 4.78 is 5.31. The highest BCUT2D eigenvalue weighted by molar-refractivity contribution is 5.73. The summed E-state index contributed by atoms with van der Waals surface area (Å²) in [6.07, 6.45) is 1.80. The molecule has 0 atom stereocenters. The van der Waals surface area contributed by atoms with Crippen LogP contribution in [-0.2, 0) is 6.42 Å². The number of amides is 2. The summed E-state index contributed by atoms with van der Waals surface area (Å²) in [5.74, 6) is 1.48. The largest absolute Gasteiger partial charge is 0.496 e. The first-order valence-electron chi connectivity index (χ1n) is 7.15. The summed E-state index contributed by atoms with van der Waals surface area (Å²) in [5, 5.41) is 2.93. The van der Waals surface area contributed by atoms with Crippen molar-refractivity contribution in [3.8, 4) is 5.75 Å². The van der Waals surface area contributed by atoms with Crippen molar-refractivity contribution in [3.63, 3.8) is 0 Å². The molecule has 1 aromatic carbocycles. The number of para-hydroxylation sites is 1. The Morgan fingerprint density at radius 2 is 2.05 bits per heavy atom. The Balaban J connectivity index is 2.38. The lowest BCUT2D eigenvalue weighted by atomic mass is 10.1. The fourth-order valence-corrected chi connectivity index (χ4v) is 1.90. The van der Waals surface area contributed by atoms with Crippen LogP contribution in [0.1, 0.15) is 25.8 Å². The van der Waals surface area contributed by atoms with Gasteiger partial charge in [-0.3, -0.25) is 0 Å². The zero-order chi connectivity index (χ0) is 15.0. The Morgan fingerprint density at radius 3 is 2.70 bits per heavy atom. The maximum atomic E-state index is 11.9. The molecule has 112 valence electrons. The van der Waals surface area contributed by atoms with Gasteiger partial charge in [0.25, 0.3) is 0 Å². The van der Waals surface area contributed by atoms with Crippen LogP contribution in [-0.4, -0.2) is 38.2 Å². The predicted molar refractivity (Wildman–Crippen MR) is 82.2 cm³/mol. The van der Waals surface area contributed by atoms with Gasteiger partial charge < -0.3 is 15.0 Å². The highest BCUT2D eigenvalue weighted by Gasteiger charge is 2.09. The normalized spacial score (nSPS) is 10.4. The van der Waals surface area contributed by atoms with Crippen LogP contribution in [0.2, 0.25) is 0 Å². The molecule has 0 aliphatic carbocycles. The fourth-order valence-electron chi connectivity index (χ4n) is 1.90. The first kappa shape index (κ1) is 16.3.